The molecule has 3 N–H and O–H groups in total. The maximum absolute atomic E-state index is 11.5. The minimum atomic E-state index is -0.252. The van der Waals surface area contributed by atoms with Gasteiger partial charge in [-0.05, 0) is 45.4 Å². The molecule has 0 unspecified atom stereocenters. The van der Waals surface area contributed by atoms with Crippen LogP contribution in [-0.4, -0.2) is 31.2 Å². The average Bonchev–Trinajstić information content (AvgIpc) is 2.27. The van der Waals surface area contributed by atoms with Gasteiger partial charge in [-0.2, -0.15) is 0 Å². The Morgan fingerprint density at radius 1 is 1.41 bits per heavy atom. The molecule has 100 valence electrons. The Morgan fingerprint density at radius 2 is 2.06 bits per heavy atom. The van der Waals surface area contributed by atoms with Crippen LogP contribution < -0.4 is 11.1 Å². The van der Waals surface area contributed by atoms with Crippen molar-refractivity contribution in [2.45, 2.75) is 51.5 Å². The molecule has 0 radical (unpaired) electrons. The number of amides is 1. The molecule has 1 heterocycles. The standard InChI is InChI=1S/C13H26N2O2/c1-13(2,14)7-3-12(16)15-8-4-11-5-9-17-10-6-11/h11H,3-10,14H2,1-2H3,(H,15,16). The molecule has 0 atom stereocenters. The molecule has 17 heavy (non-hydrogen) atoms. The predicted molar refractivity (Wildman–Crippen MR) is 68.7 cm³/mol. The molecule has 1 fully saturated rings. The summed E-state index contributed by atoms with van der Waals surface area (Å²) in [6.07, 6.45) is 4.59. The fourth-order valence-corrected chi connectivity index (χ4v) is 1.97. The first-order valence-electron chi connectivity index (χ1n) is 6.61. The highest BCUT2D eigenvalue weighted by atomic mass is 16.5. The van der Waals surface area contributed by atoms with Gasteiger partial charge in [-0.15, -0.1) is 0 Å². The van der Waals surface area contributed by atoms with Crippen molar-refractivity contribution in [1.82, 2.24) is 5.32 Å². The molecule has 1 rings (SSSR count). The van der Waals surface area contributed by atoms with Crippen LogP contribution in [0.4, 0.5) is 0 Å². The third-order valence-electron chi connectivity index (χ3n) is 3.21. The zero-order chi connectivity index (χ0) is 12.7. The van der Waals surface area contributed by atoms with Crippen LogP contribution >= 0.6 is 0 Å². The minimum Gasteiger partial charge on any atom is -0.381 e. The van der Waals surface area contributed by atoms with Crippen molar-refractivity contribution >= 4 is 5.91 Å². The van der Waals surface area contributed by atoms with E-state index in [-0.39, 0.29) is 11.4 Å². The smallest absolute Gasteiger partial charge is 0.220 e. The number of ether oxygens (including phenoxy) is 1. The van der Waals surface area contributed by atoms with Crippen LogP contribution in [0.2, 0.25) is 0 Å². The second-order valence-electron chi connectivity index (χ2n) is 5.68. The highest BCUT2D eigenvalue weighted by Gasteiger charge is 2.15. The number of hydrogen-bond donors (Lipinski definition) is 2. The number of nitrogens with one attached hydrogen (secondary N) is 1. The molecule has 4 nitrogen and oxygen atoms in total. The summed E-state index contributed by atoms with van der Waals surface area (Å²) in [5.41, 5.74) is 5.58. The highest BCUT2D eigenvalue weighted by Crippen LogP contribution is 2.17. The van der Waals surface area contributed by atoms with Crippen LogP contribution in [0.15, 0.2) is 0 Å². The predicted octanol–water partition coefficient (Wildman–Crippen LogP) is 1.44. The topological polar surface area (TPSA) is 64.4 Å². The van der Waals surface area contributed by atoms with Crippen LogP contribution in [0.5, 0.6) is 0 Å². The van der Waals surface area contributed by atoms with E-state index in [9.17, 15) is 4.79 Å². The van der Waals surface area contributed by atoms with E-state index in [1.54, 1.807) is 0 Å². The van der Waals surface area contributed by atoms with Gasteiger partial charge in [0.05, 0.1) is 0 Å². The summed E-state index contributed by atoms with van der Waals surface area (Å²) in [6.45, 7) is 6.43. The van der Waals surface area contributed by atoms with E-state index >= 15 is 0 Å². The lowest BCUT2D eigenvalue weighted by Crippen LogP contribution is -2.35. The van der Waals surface area contributed by atoms with E-state index in [0.717, 1.165) is 51.4 Å². The molecule has 1 aliphatic heterocycles. The highest BCUT2D eigenvalue weighted by molar-refractivity contribution is 5.75. The molecule has 0 spiro atoms. The van der Waals surface area contributed by atoms with Gasteiger partial charge in [0.25, 0.3) is 0 Å². The van der Waals surface area contributed by atoms with Gasteiger partial charge in [-0.3, -0.25) is 4.79 Å². The first kappa shape index (κ1) is 14.5. The third kappa shape index (κ3) is 7.34. The number of carbonyl (C=O) groups is 1. The Balaban J connectivity index is 2.03. The van der Waals surface area contributed by atoms with E-state index in [1.807, 2.05) is 13.8 Å². The minimum absolute atomic E-state index is 0.121. The van der Waals surface area contributed by atoms with Crippen LogP contribution in [0.1, 0.15) is 46.0 Å². The van der Waals surface area contributed by atoms with Crippen LogP contribution in [0, 0.1) is 5.92 Å². The Hall–Kier alpha value is -0.610. The average molecular weight is 242 g/mol. The maximum atomic E-state index is 11.5. The summed E-state index contributed by atoms with van der Waals surface area (Å²) in [7, 11) is 0. The van der Waals surface area contributed by atoms with Crippen LogP contribution in [0.25, 0.3) is 0 Å². The van der Waals surface area contributed by atoms with Crippen LogP contribution in [0.3, 0.4) is 0 Å². The normalized spacial score (nSPS) is 18.1. The van der Waals surface area contributed by atoms with Gasteiger partial charge in [0.15, 0.2) is 0 Å². The maximum Gasteiger partial charge on any atom is 0.220 e. The first-order valence-corrected chi connectivity index (χ1v) is 6.61. The quantitative estimate of drug-likeness (QED) is 0.740. The summed E-state index contributed by atoms with van der Waals surface area (Å²) < 4.78 is 5.30. The van der Waals surface area contributed by atoms with Gasteiger partial charge in [0.2, 0.25) is 5.91 Å². The number of rotatable bonds is 6. The second-order valence-corrected chi connectivity index (χ2v) is 5.68. The molecule has 0 saturated carbocycles. The molecule has 4 heteroatoms. The van der Waals surface area contributed by atoms with E-state index in [4.69, 9.17) is 10.5 Å². The molecule has 0 aromatic carbocycles. The molecule has 1 aliphatic rings. The molecule has 1 saturated heterocycles. The van der Waals surface area contributed by atoms with Crippen molar-refractivity contribution in [2.24, 2.45) is 11.7 Å². The summed E-state index contributed by atoms with van der Waals surface area (Å²) in [5.74, 6) is 0.839. The van der Waals surface area contributed by atoms with E-state index in [1.165, 1.54) is 0 Å². The zero-order valence-corrected chi connectivity index (χ0v) is 11.1. The lowest BCUT2D eigenvalue weighted by atomic mass is 9.96. The number of carbonyl (C=O) groups excluding carboxylic acids is 1. The third-order valence-corrected chi connectivity index (χ3v) is 3.21. The zero-order valence-electron chi connectivity index (χ0n) is 11.1. The fraction of sp³-hybridized carbons (Fsp3) is 0.923. The van der Waals surface area contributed by atoms with E-state index in [2.05, 4.69) is 5.32 Å². The van der Waals surface area contributed by atoms with Crippen molar-refractivity contribution in [3.8, 4) is 0 Å². The van der Waals surface area contributed by atoms with Crippen molar-refractivity contribution in [2.75, 3.05) is 19.8 Å². The van der Waals surface area contributed by atoms with Crippen molar-refractivity contribution in [3.63, 3.8) is 0 Å². The lowest BCUT2D eigenvalue weighted by Gasteiger charge is -2.22. The first-order chi connectivity index (χ1) is 7.97. The molecule has 0 aromatic heterocycles. The number of hydrogen-bond acceptors (Lipinski definition) is 3. The summed E-state index contributed by atoms with van der Waals surface area (Å²) in [4.78, 5) is 11.5. The van der Waals surface area contributed by atoms with Crippen molar-refractivity contribution in [1.29, 1.82) is 0 Å². The molecule has 1 amide bonds. The fourth-order valence-electron chi connectivity index (χ4n) is 1.97. The van der Waals surface area contributed by atoms with Gasteiger partial charge in [0.1, 0.15) is 0 Å². The Morgan fingerprint density at radius 3 is 2.65 bits per heavy atom. The largest absolute Gasteiger partial charge is 0.381 e. The van der Waals surface area contributed by atoms with Gasteiger partial charge in [-0.25, -0.2) is 0 Å². The number of nitrogens with two attached hydrogens (primary N) is 1. The molecule has 0 aliphatic carbocycles. The van der Waals surface area contributed by atoms with E-state index < -0.39 is 0 Å². The van der Waals surface area contributed by atoms with Gasteiger partial charge in [0, 0.05) is 31.7 Å². The summed E-state index contributed by atoms with van der Waals surface area (Å²) in [5, 5.41) is 2.97. The molecule has 0 aromatic rings. The van der Waals surface area contributed by atoms with Gasteiger partial charge >= 0.3 is 0 Å². The Kier molecular flexibility index (Phi) is 5.92. The SMILES string of the molecule is CC(C)(N)CCC(=O)NCCC1CCOCC1. The van der Waals surface area contributed by atoms with Crippen molar-refractivity contribution < 1.29 is 9.53 Å². The van der Waals surface area contributed by atoms with Crippen LogP contribution in [-0.2, 0) is 9.53 Å². The molecular formula is C13H26N2O2. The van der Waals surface area contributed by atoms with Crippen molar-refractivity contribution in [3.05, 3.63) is 0 Å². The summed E-state index contributed by atoms with van der Waals surface area (Å²) >= 11 is 0. The Labute approximate surface area is 104 Å². The monoisotopic (exact) mass is 242 g/mol. The van der Waals surface area contributed by atoms with Gasteiger partial charge < -0.3 is 15.8 Å². The van der Waals surface area contributed by atoms with Gasteiger partial charge in [-0.1, -0.05) is 0 Å². The molecule has 0 bridgehead atoms. The summed E-state index contributed by atoms with van der Waals surface area (Å²) in [6, 6.07) is 0. The Bertz CT molecular complexity index is 230. The molecular weight excluding hydrogens is 216 g/mol. The lowest BCUT2D eigenvalue weighted by molar-refractivity contribution is -0.121. The van der Waals surface area contributed by atoms with E-state index in [0.29, 0.717) is 6.42 Å². The second kappa shape index (κ2) is 6.97.